The Bertz CT molecular complexity index is 990. The number of esters is 1. The molecule has 0 rings (SSSR count). The number of aliphatic hydroxyl groups excluding tert-OH is 1. The van der Waals surface area contributed by atoms with Gasteiger partial charge in [0.05, 0.1) is 13.2 Å². The van der Waals surface area contributed by atoms with Crippen LogP contribution in [0.15, 0.2) is 24.3 Å². The maximum absolute atomic E-state index is 12.1. The molecule has 0 aromatic carbocycles. The van der Waals surface area contributed by atoms with Crippen LogP contribution in [0.3, 0.4) is 0 Å². The van der Waals surface area contributed by atoms with E-state index in [0.717, 1.165) is 70.6 Å². The largest absolute Gasteiger partial charge is 0.472 e. The number of hydrogen-bond acceptors (Lipinski definition) is 7. The summed E-state index contributed by atoms with van der Waals surface area (Å²) in [6.07, 6.45) is 48.4. The first kappa shape index (κ1) is 55.5. The Morgan fingerprint density at radius 3 is 1.47 bits per heavy atom. The van der Waals surface area contributed by atoms with E-state index in [1.54, 1.807) is 0 Å². The molecule has 2 atom stereocenters. The molecule has 0 spiro atoms. The van der Waals surface area contributed by atoms with E-state index in [2.05, 4.69) is 43.5 Å². The quantitative estimate of drug-likeness (QED) is 0.0239. The molecule has 0 aromatic heterocycles. The molecule has 0 bridgehead atoms. The zero-order valence-corrected chi connectivity index (χ0v) is 37.9. The van der Waals surface area contributed by atoms with Crippen molar-refractivity contribution in [2.75, 3.05) is 26.4 Å². The van der Waals surface area contributed by atoms with E-state index in [0.29, 0.717) is 6.42 Å². The normalized spacial score (nSPS) is 13.4. The molecule has 1 amide bonds. The Kier molecular flexibility index (Phi) is 42.9. The molecule has 2 unspecified atom stereocenters. The first-order valence-corrected chi connectivity index (χ1v) is 25.3. The van der Waals surface area contributed by atoms with Crippen molar-refractivity contribution in [2.24, 2.45) is 0 Å². The van der Waals surface area contributed by atoms with Gasteiger partial charge in [0.15, 0.2) is 0 Å². The van der Waals surface area contributed by atoms with Crippen molar-refractivity contribution in [3.8, 4) is 0 Å². The average Bonchev–Trinajstić information content (AvgIpc) is 3.20. The molecule has 0 aliphatic rings. The van der Waals surface area contributed by atoms with Crippen molar-refractivity contribution in [3.63, 3.8) is 0 Å². The maximum atomic E-state index is 12.1. The van der Waals surface area contributed by atoms with Gasteiger partial charge in [-0.25, -0.2) is 4.57 Å². The second kappa shape index (κ2) is 44.1. The lowest BCUT2D eigenvalue weighted by Crippen LogP contribution is -2.27. The number of unbranched alkanes of at least 4 members (excludes halogenated alkanes) is 28. The molecule has 0 fully saturated rings. The number of nitrogens with one attached hydrogen (secondary N) is 1. The third kappa shape index (κ3) is 45.4. The van der Waals surface area contributed by atoms with Gasteiger partial charge in [-0.15, -0.1) is 0 Å². The highest BCUT2D eigenvalue weighted by Gasteiger charge is 2.23. The van der Waals surface area contributed by atoms with Crippen LogP contribution < -0.4 is 5.32 Å². The second-order valence-electron chi connectivity index (χ2n) is 16.1. The molecule has 9 nitrogen and oxygen atoms in total. The van der Waals surface area contributed by atoms with Gasteiger partial charge >= 0.3 is 13.8 Å². The fraction of sp³-hybridized carbons (Fsp3) is 0.872. The van der Waals surface area contributed by atoms with Crippen molar-refractivity contribution >= 4 is 19.7 Å². The summed E-state index contributed by atoms with van der Waals surface area (Å²) in [6.45, 7) is 3.50. The molecule has 336 valence electrons. The van der Waals surface area contributed by atoms with Gasteiger partial charge in [0.25, 0.3) is 0 Å². The first-order valence-electron chi connectivity index (χ1n) is 23.8. The molecule has 0 radical (unpaired) electrons. The summed E-state index contributed by atoms with van der Waals surface area (Å²) in [5.41, 5.74) is 0. The fourth-order valence-electron chi connectivity index (χ4n) is 6.77. The number of carbonyl (C=O) groups excluding carboxylic acids is 2. The van der Waals surface area contributed by atoms with E-state index in [4.69, 9.17) is 13.8 Å². The molecular formula is C47H90NO8P. The summed E-state index contributed by atoms with van der Waals surface area (Å²) in [6, 6.07) is 0. The van der Waals surface area contributed by atoms with Crippen LogP contribution in [0.2, 0.25) is 0 Å². The summed E-state index contributed by atoms with van der Waals surface area (Å²) < 4.78 is 26.9. The summed E-state index contributed by atoms with van der Waals surface area (Å²) in [5.74, 6) is -0.523. The lowest BCUT2D eigenvalue weighted by molar-refractivity contribution is -0.147. The van der Waals surface area contributed by atoms with E-state index in [-0.39, 0.29) is 32.1 Å². The van der Waals surface area contributed by atoms with E-state index in [1.807, 2.05) is 0 Å². The van der Waals surface area contributed by atoms with Crippen LogP contribution >= 0.6 is 7.82 Å². The molecule has 3 N–H and O–H groups in total. The summed E-state index contributed by atoms with van der Waals surface area (Å²) in [4.78, 5) is 33.9. The van der Waals surface area contributed by atoms with Crippen molar-refractivity contribution < 1.29 is 37.9 Å². The third-order valence-electron chi connectivity index (χ3n) is 10.4. The molecule has 0 saturated heterocycles. The third-order valence-corrected chi connectivity index (χ3v) is 11.3. The van der Waals surface area contributed by atoms with Gasteiger partial charge in [0, 0.05) is 19.4 Å². The van der Waals surface area contributed by atoms with Crippen LogP contribution in [-0.4, -0.2) is 54.3 Å². The Morgan fingerprint density at radius 1 is 0.544 bits per heavy atom. The highest BCUT2D eigenvalue weighted by Crippen LogP contribution is 2.42. The smallest absolute Gasteiger partial charge is 0.463 e. The molecule has 10 heteroatoms. The lowest BCUT2D eigenvalue weighted by atomic mass is 10.0. The van der Waals surface area contributed by atoms with E-state index in [9.17, 15) is 24.2 Å². The molecule has 0 aliphatic carbocycles. The highest BCUT2D eigenvalue weighted by molar-refractivity contribution is 7.47. The number of hydrogen-bond donors (Lipinski definition) is 3. The predicted molar refractivity (Wildman–Crippen MR) is 238 cm³/mol. The Labute approximate surface area is 350 Å². The predicted octanol–water partition coefficient (Wildman–Crippen LogP) is 13.6. The minimum Gasteiger partial charge on any atom is -0.463 e. The van der Waals surface area contributed by atoms with Crippen molar-refractivity contribution in [1.29, 1.82) is 0 Å². The number of amides is 1. The van der Waals surface area contributed by atoms with Gasteiger partial charge < -0.3 is 20.1 Å². The maximum Gasteiger partial charge on any atom is 0.472 e. The number of allylic oxidation sites excluding steroid dienone is 4. The zero-order chi connectivity index (χ0) is 41.8. The molecule has 0 aromatic rings. The topological polar surface area (TPSA) is 131 Å². The molecule has 0 aliphatic heterocycles. The number of aliphatic hydroxyl groups is 1. The molecule has 57 heavy (non-hydrogen) atoms. The summed E-state index contributed by atoms with van der Waals surface area (Å²) in [5, 5.41) is 12.7. The first-order chi connectivity index (χ1) is 27.8. The number of ether oxygens (including phenoxy) is 1. The van der Waals surface area contributed by atoms with Crippen LogP contribution in [0.1, 0.15) is 232 Å². The van der Waals surface area contributed by atoms with Crippen LogP contribution in [0, 0.1) is 0 Å². The second-order valence-corrected chi connectivity index (χ2v) is 17.5. The number of phosphoric acid groups is 1. The lowest BCUT2D eigenvalue weighted by Gasteiger charge is -2.15. The summed E-state index contributed by atoms with van der Waals surface area (Å²) >= 11 is 0. The highest BCUT2D eigenvalue weighted by atomic mass is 31.2. The Hall–Kier alpha value is -1.51. The van der Waals surface area contributed by atoms with E-state index >= 15 is 0 Å². The van der Waals surface area contributed by atoms with Crippen molar-refractivity contribution in [1.82, 2.24) is 5.32 Å². The van der Waals surface area contributed by atoms with E-state index < -0.39 is 26.5 Å². The minimum atomic E-state index is -4.42. The van der Waals surface area contributed by atoms with Crippen molar-refractivity contribution in [2.45, 2.75) is 238 Å². The zero-order valence-electron chi connectivity index (χ0n) is 37.0. The van der Waals surface area contributed by atoms with Crippen molar-refractivity contribution in [3.05, 3.63) is 24.3 Å². The van der Waals surface area contributed by atoms with Gasteiger partial charge in [0.1, 0.15) is 12.7 Å². The minimum absolute atomic E-state index is 0.0837. The van der Waals surface area contributed by atoms with Crippen LogP contribution in [0.4, 0.5) is 0 Å². The standard InChI is InChI=1S/C47H90NO8P/c1-3-5-7-9-11-13-15-17-18-19-20-21-22-23-24-25-26-28-29-31-33-35-37-39-46(50)48-41-42-55-57(52,53)56-44-45(49)43-54-47(51)40-38-36-34-32-30-27-16-14-12-10-8-6-4-2/h8,10,14,16,45,49H,3-7,9,11-13,15,17-44H2,1-2H3,(H,48,50)(H,52,53)/b10-8-,16-14-. The van der Waals surface area contributed by atoms with E-state index in [1.165, 1.54) is 135 Å². The van der Waals surface area contributed by atoms with Gasteiger partial charge in [-0.1, -0.05) is 205 Å². The van der Waals surface area contributed by atoms with Crippen LogP contribution in [-0.2, 0) is 27.9 Å². The number of carbonyl (C=O) groups is 2. The monoisotopic (exact) mass is 828 g/mol. The van der Waals surface area contributed by atoms with Gasteiger partial charge in [-0.05, 0) is 38.5 Å². The Morgan fingerprint density at radius 2 is 0.982 bits per heavy atom. The molecule has 0 heterocycles. The van der Waals surface area contributed by atoms with Gasteiger partial charge in [-0.3, -0.25) is 18.6 Å². The fourth-order valence-corrected chi connectivity index (χ4v) is 7.53. The molecular weight excluding hydrogens is 737 g/mol. The summed E-state index contributed by atoms with van der Waals surface area (Å²) in [7, 11) is -4.42. The van der Waals surface area contributed by atoms with Gasteiger partial charge in [0.2, 0.25) is 5.91 Å². The van der Waals surface area contributed by atoms with Crippen LogP contribution in [0.5, 0.6) is 0 Å². The number of phosphoric ester groups is 1. The Balaban J connectivity index is 3.52. The van der Waals surface area contributed by atoms with Crippen LogP contribution in [0.25, 0.3) is 0 Å². The number of rotatable bonds is 45. The SMILES string of the molecule is CCC/C=C\C/C=C\CCCCCCCC(=O)OCC(O)COP(=O)(O)OCCNC(=O)CCCCCCCCCCCCCCCCCCCCCCCCC. The molecule has 0 saturated carbocycles. The average molecular weight is 828 g/mol. The van der Waals surface area contributed by atoms with Gasteiger partial charge in [-0.2, -0.15) is 0 Å².